The van der Waals surface area contributed by atoms with E-state index >= 15 is 0 Å². The van der Waals surface area contributed by atoms with Crippen molar-refractivity contribution >= 4 is 23.3 Å². The molecule has 61 heavy (non-hydrogen) atoms. The van der Waals surface area contributed by atoms with Crippen LogP contribution in [-0.2, 0) is 49.7 Å². The van der Waals surface area contributed by atoms with Crippen LogP contribution in [0.25, 0.3) is 22.3 Å². The van der Waals surface area contributed by atoms with E-state index in [0.29, 0.717) is 18.8 Å². The molecule has 0 radical (unpaired) electrons. The normalized spacial score (nSPS) is 13.5. The standard InChI is InChI=1S/C24H25N3O2.C18H20N2O3.C7H8FN/c28-24(26-17-19-4-2-1-3-5-19)16-22-9-6-21(18-25-22)20-7-10-23(11-8-20)27-12-14-29-15-13-27;1-22-18(21)12-16-5-2-15(13-19-16)14-3-6-17(7-4-14)20-8-10-23-11-9-20;8-7-3-1-2-6(4-7)5-9/h1-11,18H,12-17H2,(H,26,28);2-7,13H,8-12H2,1H3;1-4H,5,9H2. The minimum atomic E-state index is -0.278. The summed E-state index contributed by atoms with van der Waals surface area (Å²) in [6.45, 7) is 7.81. The minimum absolute atomic E-state index is 0.0241. The van der Waals surface area contributed by atoms with Crippen LogP contribution in [0.1, 0.15) is 22.5 Å². The maximum absolute atomic E-state index is 12.3. The van der Waals surface area contributed by atoms with Gasteiger partial charge in [-0.25, -0.2) is 4.39 Å². The number of benzene rings is 4. The van der Waals surface area contributed by atoms with E-state index in [4.69, 9.17) is 15.2 Å². The highest BCUT2D eigenvalue weighted by Gasteiger charge is 2.13. The number of carbonyl (C=O) groups is 2. The fourth-order valence-electron chi connectivity index (χ4n) is 6.68. The largest absolute Gasteiger partial charge is 0.469 e. The van der Waals surface area contributed by atoms with E-state index in [2.05, 4.69) is 78.4 Å². The monoisotopic (exact) mass is 824 g/mol. The number of esters is 1. The number of hydrogen-bond acceptors (Lipinski definition) is 10. The van der Waals surface area contributed by atoms with Crippen LogP contribution in [0.15, 0.2) is 140 Å². The Kier molecular flexibility index (Phi) is 16.9. The topological polar surface area (TPSA) is 132 Å². The second-order valence-corrected chi connectivity index (χ2v) is 14.4. The number of nitrogens with one attached hydrogen (secondary N) is 1. The highest BCUT2D eigenvalue weighted by Crippen LogP contribution is 2.25. The predicted octanol–water partition coefficient (Wildman–Crippen LogP) is 7.03. The zero-order chi connectivity index (χ0) is 42.7. The molecule has 0 saturated carbocycles. The van der Waals surface area contributed by atoms with Crippen molar-refractivity contribution in [1.29, 1.82) is 0 Å². The summed E-state index contributed by atoms with van der Waals surface area (Å²) in [5.41, 5.74) is 15.4. The molecule has 4 aromatic carbocycles. The lowest BCUT2D eigenvalue weighted by Gasteiger charge is -2.28. The summed E-state index contributed by atoms with van der Waals surface area (Å²) in [4.78, 5) is 36.9. The molecule has 3 N–H and O–H groups in total. The number of hydrogen-bond donors (Lipinski definition) is 2. The molecule has 11 nitrogen and oxygen atoms in total. The number of morpholine rings is 2. The van der Waals surface area contributed by atoms with Crippen molar-refractivity contribution in [3.8, 4) is 22.3 Å². The second kappa shape index (κ2) is 23.4. The number of rotatable bonds is 11. The Balaban J connectivity index is 0.000000173. The second-order valence-electron chi connectivity index (χ2n) is 14.4. The molecule has 0 spiro atoms. The summed E-state index contributed by atoms with van der Waals surface area (Å²) in [6.07, 6.45) is 4.11. The number of ether oxygens (including phenoxy) is 3. The predicted molar refractivity (Wildman–Crippen MR) is 237 cm³/mol. The molecular weight excluding hydrogens is 772 g/mol. The van der Waals surface area contributed by atoms with Crippen LogP contribution in [0.4, 0.5) is 15.8 Å². The molecule has 2 aliphatic rings. The van der Waals surface area contributed by atoms with Crippen LogP contribution in [0.2, 0.25) is 0 Å². The van der Waals surface area contributed by atoms with Gasteiger partial charge in [-0.05, 0) is 70.8 Å². The summed E-state index contributed by atoms with van der Waals surface area (Å²) < 4.78 is 27.7. The fourth-order valence-corrected chi connectivity index (χ4v) is 6.68. The van der Waals surface area contributed by atoms with Crippen molar-refractivity contribution in [3.63, 3.8) is 0 Å². The number of nitrogens with two attached hydrogens (primary N) is 1. The molecule has 0 atom stereocenters. The first-order chi connectivity index (χ1) is 29.9. The number of anilines is 2. The first-order valence-corrected chi connectivity index (χ1v) is 20.4. The van der Waals surface area contributed by atoms with Gasteiger partial charge >= 0.3 is 5.97 Å². The summed E-state index contributed by atoms with van der Waals surface area (Å²) in [6, 6.07) is 40.9. The van der Waals surface area contributed by atoms with Gasteiger partial charge in [0.25, 0.3) is 0 Å². The highest BCUT2D eigenvalue weighted by molar-refractivity contribution is 5.78. The molecular formula is C49H53FN6O5. The molecule has 6 aromatic rings. The van der Waals surface area contributed by atoms with E-state index in [-0.39, 0.29) is 30.5 Å². The van der Waals surface area contributed by atoms with Gasteiger partial charge in [0.1, 0.15) is 5.82 Å². The van der Waals surface area contributed by atoms with E-state index in [9.17, 15) is 14.0 Å². The third-order valence-electron chi connectivity index (χ3n) is 10.2. The van der Waals surface area contributed by atoms with Crippen LogP contribution in [0.5, 0.6) is 0 Å². The molecule has 2 saturated heterocycles. The van der Waals surface area contributed by atoms with Crippen molar-refractivity contribution in [2.75, 3.05) is 69.5 Å². The van der Waals surface area contributed by atoms with Crippen molar-refractivity contribution in [2.24, 2.45) is 5.73 Å². The Labute approximate surface area is 357 Å². The number of carbonyl (C=O) groups excluding carboxylic acids is 2. The Morgan fingerprint density at radius 1 is 0.639 bits per heavy atom. The van der Waals surface area contributed by atoms with Gasteiger partial charge in [0, 0.05) is 79.9 Å². The molecule has 4 heterocycles. The van der Waals surface area contributed by atoms with Crippen molar-refractivity contribution in [1.82, 2.24) is 15.3 Å². The number of aromatic nitrogens is 2. The summed E-state index contributed by atoms with van der Waals surface area (Å²) in [7, 11) is 1.38. The van der Waals surface area contributed by atoms with Gasteiger partial charge in [0.15, 0.2) is 0 Å². The quantitative estimate of drug-likeness (QED) is 0.131. The van der Waals surface area contributed by atoms with Crippen molar-refractivity contribution < 1.29 is 28.2 Å². The fraction of sp³-hybridized carbons (Fsp3) is 0.265. The van der Waals surface area contributed by atoms with Crippen molar-refractivity contribution in [3.05, 3.63) is 168 Å². The first-order valence-electron chi connectivity index (χ1n) is 20.4. The van der Waals surface area contributed by atoms with Crippen LogP contribution in [0.3, 0.4) is 0 Å². The van der Waals surface area contributed by atoms with Crippen LogP contribution in [0, 0.1) is 5.82 Å². The van der Waals surface area contributed by atoms with E-state index in [1.54, 1.807) is 18.3 Å². The lowest BCUT2D eigenvalue weighted by atomic mass is 10.1. The smallest absolute Gasteiger partial charge is 0.311 e. The van der Waals surface area contributed by atoms with Gasteiger partial charge in [0.2, 0.25) is 5.91 Å². The number of methoxy groups -OCH3 is 1. The Morgan fingerprint density at radius 3 is 1.57 bits per heavy atom. The molecule has 0 aliphatic carbocycles. The zero-order valence-electron chi connectivity index (χ0n) is 34.5. The Bertz CT molecular complexity index is 2230. The third kappa shape index (κ3) is 14.1. The molecule has 0 unspecified atom stereocenters. The van der Waals surface area contributed by atoms with Gasteiger partial charge in [-0.3, -0.25) is 19.6 Å². The maximum Gasteiger partial charge on any atom is 0.311 e. The van der Waals surface area contributed by atoms with Crippen LogP contribution < -0.4 is 20.9 Å². The molecule has 1 amide bonds. The molecule has 12 heteroatoms. The zero-order valence-corrected chi connectivity index (χ0v) is 34.5. The molecule has 316 valence electrons. The lowest BCUT2D eigenvalue weighted by Crippen LogP contribution is -2.36. The number of amides is 1. The average molecular weight is 825 g/mol. The third-order valence-corrected chi connectivity index (χ3v) is 10.2. The Morgan fingerprint density at radius 2 is 1.13 bits per heavy atom. The molecule has 0 bridgehead atoms. The van der Waals surface area contributed by atoms with Gasteiger partial charge in [-0.1, -0.05) is 78.9 Å². The highest BCUT2D eigenvalue weighted by atomic mass is 19.1. The van der Waals surface area contributed by atoms with E-state index < -0.39 is 0 Å². The first kappa shape index (κ1) is 44.1. The Hall–Kier alpha value is -6.47. The SMILES string of the molecule is COC(=O)Cc1ccc(-c2ccc(N3CCOCC3)cc2)cn1.NCc1cccc(F)c1.O=C(Cc1ccc(-c2ccc(N3CCOCC3)cc2)cn1)NCc1ccccc1. The van der Waals surface area contributed by atoms with Crippen molar-refractivity contribution in [2.45, 2.75) is 25.9 Å². The van der Waals surface area contributed by atoms with Crippen LogP contribution >= 0.6 is 0 Å². The van der Waals surface area contributed by atoms with Gasteiger partial charge in [0.05, 0.1) is 52.1 Å². The van der Waals surface area contributed by atoms with Gasteiger partial charge in [-0.2, -0.15) is 0 Å². The number of nitrogens with zero attached hydrogens (tertiary/aromatic N) is 4. The molecule has 2 aromatic heterocycles. The lowest BCUT2D eigenvalue weighted by molar-refractivity contribution is -0.139. The summed E-state index contributed by atoms with van der Waals surface area (Å²) in [5, 5.41) is 2.94. The molecule has 2 fully saturated rings. The summed E-state index contributed by atoms with van der Waals surface area (Å²) in [5.74, 6) is -0.526. The minimum Gasteiger partial charge on any atom is -0.469 e. The van der Waals surface area contributed by atoms with Gasteiger partial charge in [-0.15, -0.1) is 0 Å². The molecule has 2 aliphatic heterocycles. The van der Waals surface area contributed by atoms with E-state index in [1.165, 1.54) is 30.6 Å². The van der Waals surface area contributed by atoms with E-state index in [0.717, 1.165) is 91.7 Å². The van der Waals surface area contributed by atoms with Gasteiger partial charge < -0.3 is 35.1 Å². The number of halogens is 1. The van der Waals surface area contributed by atoms with E-state index in [1.807, 2.05) is 60.8 Å². The maximum atomic E-state index is 12.3. The number of pyridine rings is 2. The summed E-state index contributed by atoms with van der Waals surface area (Å²) >= 11 is 0. The average Bonchev–Trinajstić information content (AvgIpc) is 3.33. The van der Waals surface area contributed by atoms with Crippen LogP contribution in [-0.4, -0.2) is 81.6 Å². The molecule has 8 rings (SSSR count).